The number of aromatic amines is 1. The fourth-order valence-electron chi connectivity index (χ4n) is 4.01. The Balaban J connectivity index is 0.000000755. The van der Waals surface area contributed by atoms with Crippen molar-refractivity contribution in [2.45, 2.75) is 125 Å². The summed E-state index contributed by atoms with van der Waals surface area (Å²) in [7, 11) is 0. The van der Waals surface area contributed by atoms with Gasteiger partial charge in [0.2, 0.25) is 5.52 Å². The van der Waals surface area contributed by atoms with Crippen molar-refractivity contribution in [1.82, 2.24) is 15.0 Å². The topological polar surface area (TPSA) is 173 Å². The zero-order chi connectivity index (χ0) is 44.5. The molecule has 0 aliphatic carbocycles. The summed E-state index contributed by atoms with van der Waals surface area (Å²) >= 11 is 0. The molecule has 0 aliphatic rings. The molecule has 4 aromatic rings. The van der Waals surface area contributed by atoms with Crippen LogP contribution in [-0.4, -0.2) is 32.3 Å². The van der Waals surface area contributed by atoms with Crippen molar-refractivity contribution in [2.75, 3.05) is 0 Å². The number of ketones is 3. The minimum absolute atomic E-state index is 0. The molecule has 58 heavy (non-hydrogen) atoms. The molecule has 0 unspecified atom stereocenters. The molecule has 0 radical (unpaired) electrons. The van der Waals surface area contributed by atoms with Gasteiger partial charge >= 0.3 is 0 Å². The molecule has 4 rings (SSSR count). The normalized spacial score (nSPS) is 13.2. The second-order valence-electron chi connectivity index (χ2n) is 20.2. The molecule has 3 aromatic heterocycles. The maximum Gasteiger partial charge on any atom is 0.239 e. The van der Waals surface area contributed by atoms with Crippen molar-refractivity contribution in [2.24, 2.45) is 32.5 Å². The van der Waals surface area contributed by atoms with Crippen LogP contribution >= 0.6 is 0 Å². The van der Waals surface area contributed by atoms with E-state index in [4.69, 9.17) is 0 Å². The van der Waals surface area contributed by atoms with Crippen LogP contribution in [0.25, 0.3) is 32.8 Å². The molecule has 0 aliphatic heterocycles. The number of H-pyrrole nitrogens is 1. The van der Waals surface area contributed by atoms with Crippen molar-refractivity contribution < 1.29 is 72.9 Å². The van der Waals surface area contributed by atoms with E-state index in [1.54, 1.807) is 18.6 Å². The zero-order valence-corrected chi connectivity index (χ0v) is 40.0. The van der Waals surface area contributed by atoms with E-state index in [-0.39, 0.29) is 72.8 Å². The zero-order valence-electron chi connectivity index (χ0n) is 38.0. The second-order valence-corrected chi connectivity index (χ2v) is 20.2. The number of hydrogen-bond acceptors (Lipinski definition) is 9. The van der Waals surface area contributed by atoms with Crippen LogP contribution in [0.2, 0.25) is 0 Å². The van der Waals surface area contributed by atoms with E-state index in [1.807, 2.05) is 155 Å². The molecule has 1 N–H and O–H groups in total. The summed E-state index contributed by atoms with van der Waals surface area (Å²) in [6, 6.07) is 7.92. The van der Waals surface area contributed by atoms with Crippen LogP contribution in [0.3, 0.4) is 0 Å². The van der Waals surface area contributed by atoms with Crippen molar-refractivity contribution in [1.29, 1.82) is 0 Å². The van der Waals surface area contributed by atoms with E-state index in [0.29, 0.717) is 0 Å². The number of nitrogens with zero attached hydrogens (tertiary/aromatic N) is 3. The van der Waals surface area contributed by atoms with Gasteiger partial charge in [0, 0.05) is 72.2 Å². The Morgan fingerprint density at radius 1 is 0.466 bits per heavy atom. The Bertz CT molecular complexity index is 1780. The summed E-state index contributed by atoms with van der Waals surface area (Å²) < 4.78 is 0. The van der Waals surface area contributed by atoms with Crippen LogP contribution in [0, 0.1) is 70.7 Å². The Labute approximate surface area is 377 Å². The van der Waals surface area contributed by atoms with Gasteiger partial charge in [-0.25, -0.2) is 9.97 Å². The molecule has 0 spiro atoms. The van der Waals surface area contributed by atoms with Crippen molar-refractivity contribution >= 4 is 50.2 Å². The summed E-state index contributed by atoms with van der Waals surface area (Å²) in [4.78, 5) is 50.9. The monoisotopic (exact) mass is 946 g/mol. The molecule has 10 nitrogen and oxygen atoms in total. The van der Waals surface area contributed by atoms with Crippen LogP contribution in [0.15, 0.2) is 84.6 Å². The van der Waals surface area contributed by atoms with Gasteiger partial charge in [-0.1, -0.05) is 125 Å². The quantitative estimate of drug-likeness (QED) is 0.113. The molecule has 0 saturated carbocycles. The van der Waals surface area contributed by atoms with Crippen LogP contribution in [0.5, 0.6) is 0 Å². The van der Waals surface area contributed by atoms with Crippen LogP contribution in [0.1, 0.15) is 125 Å². The van der Waals surface area contributed by atoms with Gasteiger partial charge in [0.05, 0.1) is 17.1 Å². The van der Waals surface area contributed by atoms with Crippen LogP contribution in [0.4, 0.5) is 0 Å². The number of fused-ring (bicyclic) bond motifs is 6. The number of carbonyl (C=O) groups excluding carboxylic acids is 3. The first-order valence-electron chi connectivity index (χ1n) is 19.2. The van der Waals surface area contributed by atoms with Gasteiger partial charge < -0.3 is 15.3 Å². The molecule has 1 aromatic carbocycles. The van der Waals surface area contributed by atoms with E-state index in [0.717, 1.165) is 32.8 Å². The van der Waals surface area contributed by atoms with Crippen LogP contribution in [-0.2, 0) is 14.4 Å². The number of hydrogen-bond donors (Lipinski definition) is 0. The summed E-state index contributed by atoms with van der Waals surface area (Å²) in [6.07, 6.45) is 10.8. The molecule has 0 atom stereocenters. The Kier molecular flexibility index (Phi) is 19.7. The smallest absolute Gasteiger partial charge is 0.239 e. The van der Waals surface area contributed by atoms with Gasteiger partial charge in [0.1, 0.15) is 11.0 Å². The SMILES string of the molecule is CC(C)(C)C(=O)/C=C(\[O-])C(C)(C)C.CC(C)(C)C(=O)/C=C(\[O-])C(C)(C)C.CC(C)(C)C(=O)/C=C(\[O-])C(C)(C)C.[Dy].c1cnc2c(c1)c1ncc[nH+]c1c1cccnc12. The Hall–Kier alpha value is -3.72. The minimum Gasteiger partial charge on any atom is -0.875 e. The minimum atomic E-state index is -0.457. The predicted octanol–water partition coefficient (Wildman–Crippen LogP) is 7.82. The third kappa shape index (κ3) is 17.2. The summed E-state index contributed by atoms with van der Waals surface area (Å²) in [5.74, 6) is -0.625. The molecular formula is C47H66DyN4O6-2. The first-order chi connectivity index (χ1) is 25.6. The van der Waals surface area contributed by atoms with Gasteiger partial charge in [-0.2, -0.15) is 0 Å². The van der Waals surface area contributed by atoms with E-state index < -0.39 is 32.5 Å². The fourth-order valence-corrected chi connectivity index (χ4v) is 4.01. The Morgan fingerprint density at radius 2 is 0.759 bits per heavy atom. The number of aromatic nitrogens is 4. The summed E-state index contributed by atoms with van der Waals surface area (Å²) in [5.41, 5.74) is 0.991. The number of carbonyl (C=O) groups is 3. The van der Waals surface area contributed by atoms with Gasteiger partial charge in [-0.3, -0.25) is 24.4 Å². The Morgan fingerprint density at radius 3 is 1.07 bits per heavy atom. The van der Waals surface area contributed by atoms with E-state index in [9.17, 15) is 29.7 Å². The average Bonchev–Trinajstić information content (AvgIpc) is 3.06. The number of benzene rings is 1. The molecular weight excluding hydrogens is 879 g/mol. The molecule has 0 fully saturated rings. The van der Waals surface area contributed by atoms with Crippen molar-refractivity contribution in [3.8, 4) is 0 Å². The predicted molar refractivity (Wildman–Crippen MR) is 225 cm³/mol. The van der Waals surface area contributed by atoms with Gasteiger partial charge in [-0.15, -0.1) is 17.3 Å². The fraction of sp³-hybridized carbons (Fsp3) is 0.511. The molecule has 322 valence electrons. The first-order valence-corrected chi connectivity index (χ1v) is 19.2. The maximum absolute atomic E-state index is 11.4. The second kappa shape index (κ2) is 21.0. The standard InChI is InChI=1S/C14H8N4.3C11H20O2.Dy/c1-3-9-11(15-5-1)12-10(4-2-6-16-12)14-13(9)17-7-8-18-14;3*1-10(2,3)8(12)7-9(13)11(4,5)6;/h1-8H;3*7,12H,1-6H3;/p-2/b;3*8-7-;. The van der Waals surface area contributed by atoms with Crippen molar-refractivity contribution in [3.05, 3.63) is 84.6 Å². The summed E-state index contributed by atoms with van der Waals surface area (Å²) in [6.45, 7) is 32.5. The third-order valence-corrected chi connectivity index (χ3v) is 8.33. The first kappa shape index (κ1) is 54.3. The van der Waals surface area contributed by atoms with E-state index in [2.05, 4.69) is 19.9 Å². The number of nitrogens with one attached hydrogen (secondary N) is 1. The number of rotatable bonds is 3. The average molecular weight is 946 g/mol. The van der Waals surface area contributed by atoms with E-state index in [1.165, 1.54) is 18.2 Å². The van der Waals surface area contributed by atoms with Gasteiger partial charge in [0.15, 0.2) is 23.5 Å². The summed E-state index contributed by atoms with van der Waals surface area (Å²) in [5, 5.41) is 36.4. The third-order valence-electron chi connectivity index (χ3n) is 8.33. The maximum atomic E-state index is 11.4. The molecule has 11 heteroatoms. The van der Waals surface area contributed by atoms with E-state index >= 15 is 0 Å². The van der Waals surface area contributed by atoms with Crippen molar-refractivity contribution in [3.63, 3.8) is 0 Å². The number of pyridine rings is 2. The van der Waals surface area contributed by atoms with Crippen LogP contribution < -0.4 is 20.3 Å². The van der Waals surface area contributed by atoms with Gasteiger partial charge in [-0.05, 0) is 58.7 Å². The molecule has 0 bridgehead atoms. The number of allylic oxidation sites excluding steroid dienone is 6. The largest absolute Gasteiger partial charge is 0.875 e. The van der Waals surface area contributed by atoms with Gasteiger partial charge in [0.25, 0.3) is 0 Å². The molecule has 0 saturated heterocycles. The molecule has 0 amide bonds. The molecule has 3 heterocycles.